The number of ether oxygens (including phenoxy) is 1. The molecule has 0 N–H and O–H groups in total. The van der Waals surface area contributed by atoms with E-state index in [9.17, 15) is 19.6 Å². The van der Waals surface area contributed by atoms with Gasteiger partial charge in [0.25, 0.3) is 11.5 Å². The number of nitriles is 1. The van der Waals surface area contributed by atoms with Crippen LogP contribution < -0.4 is 10.5 Å². The molecule has 10 heteroatoms. The van der Waals surface area contributed by atoms with Gasteiger partial charge in [0.1, 0.15) is 21.8 Å². The largest absolute Gasteiger partial charge is 0.466 e. The lowest BCUT2D eigenvalue weighted by atomic mass is 9.95. The third-order valence-corrected chi connectivity index (χ3v) is 8.22. The lowest BCUT2D eigenvalue weighted by molar-refractivity contribution is -0.148. The minimum absolute atomic E-state index is 0.0864. The van der Waals surface area contributed by atoms with E-state index in [0.29, 0.717) is 78.2 Å². The molecule has 1 amide bonds. The first-order valence-electron chi connectivity index (χ1n) is 13.1. The number of anilines is 1. The second-order valence-corrected chi connectivity index (χ2v) is 11.0. The number of nitrogens with zero attached hydrogens (tertiary/aromatic N) is 4. The highest BCUT2D eigenvalue weighted by atomic mass is 32.2. The Kier molecular flexibility index (Phi) is 10.4. The van der Waals surface area contributed by atoms with Gasteiger partial charge in [-0.05, 0) is 51.2 Å². The summed E-state index contributed by atoms with van der Waals surface area (Å²) in [6, 6.07) is 2.09. The minimum Gasteiger partial charge on any atom is -0.466 e. The number of aromatic nitrogens is 1. The summed E-state index contributed by atoms with van der Waals surface area (Å²) in [7, 11) is 0. The Morgan fingerprint density at radius 1 is 1.16 bits per heavy atom. The van der Waals surface area contributed by atoms with E-state index in [1.54, 1.807) is 29.4 Å². The van der Waals surface area contributed by atoms with Gasteiger partial charge in [0.2, 0.25) is 0 Å². The third kappa shape index (κ3) is 6.27. The Morgan fingerprint density at radius 2 is 1.86 bits per heavy atom. The fraction of sp³-hybridized carbons (Fsp3) is 0.593. The predicted octanol–water partition coefficient (Wildman–Crippen LogP) is 4.61. The van der Waals surface area contributed by atoms with Gasteiger partial charge >= 0.3 is 5.97 Å². The van der Waals surface area contributed by atoms with E-state index in [4.69, 9.17) is 17.0 Å². The van der Waals surface area contributed by atoms with Crippen molar-refractivity contribution in [2.45, 2.75) is 72.8 Å². The summed E-state index contributed by atoms with van der Waals surface area (Å²) in [6.07, 6.45) is 6.68. The van der Waals surface area contributed by atoms with Gasteiger partial charge in [0, 0.05) is 31.7 Å². The molecule has 0 atom stereocenters. The summed E-state index contributed by atoms with van der Waals surface area (Å²) in [5.41, 5.74) is 1.00. The second-order valence-electron chi connectivity index (χ2n) is 9.36. The molecule has 0 aliphatic carbocycles. The number of piperidine rings is 1. The number of unbranched alkanes of at least 4 members (excludes halogenated alkanes) is 2. The first kappa shape index (κ1) is 28.9. The zero-order chi connectivity index (χ0) is 27.1. The number of amides is 1. The maximum absolute atomic E-state index is 13.4. The molecular weight excluding hydrogens is 508 g/mol. The highest BCUT2D eigenvalue weighted by Gasteiger charge is 2.34. The summed E-state index contributed by atoms with van der Waals surface area (Å²) in [5, 5.41) is 9.83. The van der Waals surface area contributed by atoms with Crippen LogP contribution in [0.2, 0.25) is 0 Å². The van der Waals surface area contributed by atoms with Gasteiger partial charge in [-0.1, -0.05) is 50.7 Å². The zero-order valence-corrected chi connectivity index (χ0v) is 23.8. The normalized spacial score (nSPS) is 17.5. The van der Waals surface area contributed by atoms with Crippen molar-refractivity contribution in [3.05, 3.63) is 31.9 Å². The lowest BCUT2D eigenvalue weighted by Crippen LogP contribution is -2.41. The van der Waals surface area contributed by atoms with Crippen molar-refractivity contribution >= 4 is 52.1 Å². The molecule has 37 heavy (non-hydrogen) atoms. The molecule has 2 fully saturated rings. The van der Waals surface area contributed by atoms with Crippen LogP contribution in [-0.2, 0) is 20.9 Å². The van der Waals surface area contributed by atoms with Gasteiger partial charge in [-0.3, -0.25) is 23.9 Å². The molecule has 1 aromatic heterocycles. The van der Waals surface area contributed by atoms with Gasteiger partial charge in [0.05, 0.1) is 17.4 Å². The number of hydrogen-bond donors (Lipinski definition) is 0. The molecular formula is C27H36N4O4S2. The van der Waals surface area contributed by atoms with Crippen LogP contribution in [0.5, 0.6) is 0 Å². The molecule has 3 rings (SSSR count). The van der Waals surface area contributed by atoms with Crippen LogP contribution in [0.15, 0.2) is 9.70 Å². The first-order chi connectivity index (χ1) is 17.8. The molecule has 0 radical (unpaired) electrons. The number of esters is 1. The molecule has 8 nitrogen and oxygen atoms in total. The average Bonchev–Trinajstić information content (AvgIpc) is 3.15. The summed E-state index contributed by atoms with van der Waals surface area (Å²) in [4.78, 5) is 43.2. The van der Waals surface area contributed by atoms with E-state index in [1.165, 1.54) is 11.8 Å². The van der Waals surface area contributed by atoms with Crippen molar-refractivity contribution in [1.82, 2.24) is 9.47 Å². The van der Waals surface area contributed by atoms with Gasteiger partial charge in [-0.2, -0.15) is 5.26 Å². The smallest absolute Gasteiger partial charge is 0.309 e. The SMILES string of the molecule is CCCCCN1C(=O)C(=Cc2c(C)c(C#N)c(=O)n(CCC)c2N2CCC(C(=O)OCC)CC2)SC1=S. The van der Waals surface area contributed by atoms with Crippen LogP contribution in [0, 0.1) is 24.2 Å². The van der Waals surface area contributed by atoms with E-state index < -0.39 is 0 Å². The number of carbonyl (C=O) groups is 2. The van der Waals surface area contributed by atoms with Crippen molar-refractivity contribution in [2.24, 2.45) is 5.92 Å². The summed E-state index contributed by atoms with van der Waals surface area (Å²) < 4.78 is 7.41. The first-order valence-corrected chi connectivity index (χ1v) is 14.4. The van der Waals surface area contributed by atoms with Gasteiger partial charge in [0.15, 0.2) is 0 Å². The van der Waals surface area contributed by atoms with E-state index >= 15 is 0 Å². The van der Waals surface area contributed by atoms with E-state index in [1.807, 2.05) is 6.92 Å². The minimum atomic E-state index is -0.325. The monoisotopic (exact) mass is 544 g/mol. The van der Waals surface area contributed by atoms with E-state index in [-0.39, 0.29) is 28.9 Å². The van der Waals surface area contributed by atoms with Gasteiger partial charge in [-0.15, -0.1) is 0 Å². The molecule has 2 aliphatic heterocycles. The number of hydrogen-bond acceptors (Lipinski definition) is 8. The van der Waals surface area contributed by atoms with Crippen LogP contribution >= 0.6 is 24.0 Å². The van der Waals surface area contributed by atoms with Crippen molar-refractivity contribution < 1.29 is 14.3 Å². The van der Waals surface area contributed by atoms with Crippen LogP contribution in [0.25, 0.3) is 6.08 Å². The van der Waals surface area contributed by atoms with Crippen molar-refractivity contribution in [2.75, 3.05) is 31.1 Å². The lowest BCUT2D eigenvalue weighted by Gasteiger charge is -2.35. The number of pyridine rings is 1. The molecule has 0 bridgehead atoms. The molecule has 3 heterocycles. The Bertz CT molecular complexity index is 1180. The fourth-order valence-electron chi connectivity index (χ4n) is 4.85. The highest BCUT2D eigenvalue weighted by Crippen LogP contribution is 2.37. The Morgan fingerprint density at radius 3 is 2.46 bits per heavy atom. The van der Waals surface area contributed by atoms with Crippen LogP contribution in [0.3, 0.4) is 0 Å². The molecule has 2 saturated heterocycles. The predicted molar refractivity (Wildman–Crippen MR) is 151 cm³/mol. The van der Waals surface area contributed by atoms with Gasteiger partial charge < -0.3 is 9.64 Å². The number of carbonyl (C=O) groups excluding carboxylic acids is 2. The van der Waals surface area contributed by atoms with Crippen LogP contribution in [-0.4, -0.2) is 51.9 Å². The number of thiocarbonyl (C=S) groups is 1. The quantitative estimate of drug-likeness (QED) is 0.182. The highest BCUT2D eigenvalue weighted by molar-refractivity contribution is 8.26. The standard InChI is InChI=1S/C27H36N4O4S2/c1-5-8-9-13-31-25(33)22(37-27(31)36)16-20-18(4)21(17-28)24(32)30(12-6-2)23(20)29-14-10-19(11-15-29)26(34)35-7-3/h16,19H,5-15H2,1-4H3. The molecule has 0 spiro atoms. The fourth-order valence-corrected chi connectivity index (χ4v) is 6.14. The maximum Gasteiger partial charge on any atom is 0.309 e. The summed E-state index contributed by atoms with van der Waals surface area (Å²) >= 11 is 6.78. The molecule has 200 valence electrons. The molecule has 1 aromatic rings. The Labute approximate surface area is 228 Å². The number of rotatable bonds is 10. The van der Waals surface area contributed by atoms with Crippen molar-refractivity contribution in [1.29, 1.82) is 5.26 Å². The van der Waals surface area contributed by atoms with Crippen molar-refractivity contribution in [3.8, 4) is 6.07 Å². The Balaban J connectivity index is 2.07. The molecule has 0 unspecified atom stereocenters. The zero-order valence-electron chi connectivity index (χ0n) is 22.2. The van der Waals surface area contributed by atoms with Crippen LogP contribution in [0.1, 0.15) is 76.0 Å². The van der Waals surface area contributed by atoms with Crippen LogP contribution in [0.4, 0.5) is 5.82 Å². The summed E-state index contributed by atoms with van der Waals surface area (Å²) in [6.45, 7) is 10.2. The summed E-state index contributed by atoms with van der Waals surface area (Å²) in [5.74, 6) is 0.201. The number of thioether (sulfide) groups is 1. The van der Waals surface area contributed by atoms with E-state index in [2.05, 4.69) is 17.9 Å². The van der Waals surface area contributed by atoms with Gasteiger partial charge in [-0.25, -0.2) is 0 Å². The second kappa shape index (κ2) is 13.2. The maximum atomic E-state index is 13.4. The third-order valence-electron chi connectivity index (χ3n) is 6.84. The molecule has 2 aliphatic rings. The topological polar surface area (TPSA) is 95.6 Å². The van der Waals surface area contributed by atoms with Crippen molar-refractivity contribution in [3.63, 3.8) is 0 Å². The molecule has 0 saturated carbocycles. The average molecular weight is 545 g/mol. The Hall–Kier alpha value is -2.64. The molecule has 0 aromatic carbocycles. The van der Waals surface area contributed by atoms with E-state index in [0.717, 1.165) is 19.3 Å².